The van der Waals surface area contributed by atoms with Crippen LogP contribution in [0.5, 0.6) is 17.2 Å². The zero-order chi connectivity index (χ0) is 17.5. The molecule has 0 saturated carbocycles. The summed E-state index contributed by atoms with van der Waals surface area (Å²) in [5, 5.41) is 0.720. The van der Waals surface area contributed by atoms with Crippen LogP contribution in [0, 0.1) is 6.92 Å². The smallest absolute Gasteiger partial charge is 0.161 e. The third kappa shape index (κ3) is 5.01. The minimum atomic E-state index is 0.323. The van der Waals surface area contributed by atoms with Crippen molar-refractivity contribution in [3.8, 4) is 17.2 Å². The quantitative estimate of drug-likeness (QED) is 0.562. The molecule has 0 aliphatic carbocycles. The second kappa shape index (κ2) is 8.76. The molecule has 128 valence electrons. The first kappa shape index (κ1) is 18.4. The molecule has 24 heavy (non-hydrogen) atoms. The highest BCUT2D eigenvalue weighted by molar-refractivity contribution is 7.80. The lowest BCUT2D eigenvalue weighted by Gasteiger charge is -2.14. The molecule has 0 aliphatic rings. The first-order valence-corrected chi connectivity index (χ1v) is 8.38. The summed E-state index contributed by atoms with van der Waals surface area (Å²) >= 11 is 11.0. The van der Waals surface area contributed by atoms with Crippen LogP contribution in [0.1, 0.15) is 18.1 Å². The predicted molar refractivity (Wildman–Crippen MR) is 101 cm³/mol. The highest BCUT2D eigenvalue weighted by Crippen LogP contribution is 2.28. The lowest BCUT2D eigenvalue weighted by Crippen LogP contribution is -2.12. The van der Waals surface area contributed by atoms with Gasteiger partial charge in [-0.1, -0.05) is 23.8 Å². The second-order valence-corrected chi connectivity index (χ2v) is 5.91. The molecule has 2 aromatic rings. The number of halogens is 1. The van der Waals surface area contributed by atoms with Crippen molar-refractivity contribution in [2.24, 2.45) is 5.73 Å². The maximum Gasteiger partial charge on any atom is 0.161 e. The largest absolute Gasteiger partial charge is 0.490 e. The molecule has 0 fully saturated rings. The van der Waals surface area contributed by atoms with Crippen molar-refractivity contribution in [1.29, 1.82) is 0 Å². The molecule has 0 spiro atoms. The number of benzene rings is 2. The average molecular weight is 366 g/mol. The van der Waals surface area contributed by atoms with Gasteiger partial charge in [0.05, 0.1) is 6.61 Å². The fourth-order valence-corrected chi connectivity index (χ4v) is 2.31. The SMILES string of the molecule is CCOc1cc(C(N)=S)ccc1OCCOc1ccc(Cl)c(C)c1. The highest BCUT2D eigenvalue weighted by Gasteiger charge is 2.08. The molecular weight excluding hydrogens is 346 g/mol. The number of thiocarbonyl (C=S) groups is 1. The molecule has 0 saturated heterocycles. The standard InChI is InChI=1S/C18H20ClNO3S/c1-3-21-17-11-13(18(20)24)4-7-16(17)23-9-8-22-14-5-6-15(19)12(2)10-14/h4-7,10-11H,3,8-9H2,1-2H3,(H2,20,24). The number of hydrogen-bond acceptors (Lipinski definition) is 4. The van der Waals surface area contributed by atoms with E-state index in [1.54, 1.807) is 12.1 Å². The fraction of sp³-hybridized carbons (Fsp3) is 0.278. The van der Waals surface area contributed by atoms with Crippen LogP contribution in [-0.2, 0) is 0 Å². The van der Waals surface area contributed by atoms with E-state index in [2.05, 4.69) is 0 Å². The first-order chi connectivity index (χ1) is 11.5. The van der Waals surface area contributed by atoms with E-state index in [1.807, 2.05) is 38.1 Å². The Kier molecular flexibility index (Phi) is 6.70. The third-order valence-corrected chi connectivity index (χ3v) is 3.93. The van der Waals surface area contributed by atoms with Crippen LogP contribution in [0.4, 0.5) is 0 Å². The minimum Gasteiger partial charge on any atom is -0.490 e. The highest BCUT2D eigenvalue weighted by atomic mass is 35.5. The first-order valence-electron chi connectivity index (χ1n) is 7.59. The number of rotatable bonds is 8. The molecule has 0 bridgehead atoms. The fourth-order valence-electron chi connectivity index (χ4n) is 2.07. The summed E-state index contributed by atoms with van der Waals surface area (Å²) in [6.45, 7) is 5.16. The van der Waals surface area contributed by atoms with Crippen molar-refractivity contribution in [1.82, 2.24) is 0 Å². The molecule has 2 N–H and O–H groups in total. The van der Waals surface area contributed by atoms with E-state index in [0.717, 1.165) is 21.9 Å². The minimum absolute atomic E-state index is 0.323. The van der Waals surface area contributed by atoms with Crippen molar-refractivity contribution in [3.63, 3.8) is 0 Å². The molecular formula is C18H20ClNO3S. The lowest BCUT2D eigenvalue weighted by molar-refractivity contribution is 0.208. The summed E-state index contributed by atoms with van der Waals surface area (Å²) in [6.07, 6.45) is 0. The predicted octanol–water partition coefficient (Wildman–Crippen LogP) is 4.14. The van der Waals surface area contributed by atoms with Gasteiger partial charge in [-0.15, -0.1) is 0 Å². The summed E-state index contributed by atoms with van der Waals surface area (Å²) in [7, 11) is 0. The number of nitrogens with two attached hydrogens (primary N) is 1. The van der Waals surface area contributed by atoms with E-state index >= 15 is 0 Å². The second-order valence-electron chi connectivity index (χ2n) is 5.07. The average Bonchev–Trinajstić information content (AvgIpc) is 2.56. The van der Waals surface area contributed by atoms with E-state index < -0.39 is 0 Å². The topological polar surface area (TPSA) is 53.7 Å². The maximum absolute atomic E-state index is 5.99. The van der Waals surface area contributed by atoms with Crippen LogP contribution in [0.15, 0.2) is 36.4 Å². The summed E-state index contributed by atoms with van der Waals surface area (Å²) < 4.78 is 17.0. The van der Waals surface area contributed by atoms with Gasteiger partial charge >= 0.3 is 0 Å². The number of ether oxygens (including phenoxy) is 3. The van der Waals surface area contributed by atoms with Gasteiger partial charge < -0.3 is 19.9 Å². The van der Waals surface area contributed by atoms with Crippen LogP contribution in [-0.4, -0.2) is 24.8 Å². The van der Waals surface area contributed by atoms with Crippen LogP contribution >= 0.6 is 23.8 Å². The van der Waals surface area contributed by atoms with Crippen LogP contribution < -0.4 is 19.9 Å². The molecule has 0 amide bonds. The number of hydrogen-bond donors (Lipinski definition) is 1. The van der Waals surface area contributed by atoms with Gasteiger partial charge in [0.1, 0.15) is 24.0 Å². The summed E-state index contributed by atoms with van der Waals surface area (Å²) in [5.41, 5.74) is 7.36. The molecule has 0 aromatic heterocycles. The monoisotopic (exact) mass is 365 g/mol. The van der Waals surface area contributed by atoms with Crippen molar-refractivity contribution in [2.75, 3.05) is 19.8 Å². The normalized spacial score (nSPS) is 10.3. The van der Waals surface area contributed by atoms with Gasteiger partial charge in [-0.25, -0.2) is 0 Å². The Bertz CT molecular complexity index is 721. The van der Waals surface area contributed by atoms with Gasteiger partial charge in [-0.05, 0) is 55.8 Å². The van der Waals surface area contributed by atoms with E-state index in [9.17, 15) is 0 Å². The molecule has 0 atom stereocenters. The number of aryl methyl sites for hydroxylation is 1. The Morgan fingerprint density at radius 3 is 2.46 bits per heavy atom. The van der Waals surface area contributed by atoms with Gasteiger partial charge in [0, 0.05) is 10.6 Å². The molecule has 2 aromatic carbocycles. The molecule has 4 nitrogen and oxygen atoms in total. The van der Waals surface area contributed by atoms with Gasteiger partial charge in [0.15, 0.2) is 11.5 Å². The van der Waals surface area contributed by atoms with Crippen LogP contribution in [0.25, 0.3) is 0 Å². The van der Waals surface area contributed by atoms with E-state index in [-0.39, 0.29) is 0 Å². The van der Waals surface area contributed by atoms with Crippen molar-refractivity contribution in [3.05, 3.63) is 52.5 Å². The van der Waals surface area contributed by atoms with Crippen LogP contribution in [0.3, 0.4) is 0 Å². The molecule has 6 heteroatoms. The van der Waals surface area contributed by atoms with Crippen molar-refractivity contribution >= 4 is 28.8 Å². The molecule has 0 radical (unpaired) electrons. The van der Waals surface area contributed by atoms with Gasteiger partial charge in [0.2, 0.25) is 0 Å². The zero-order valence-corrected chi connectivity index (χ0v) is 15.2. The summed E-state index contributed by atoms with van der Waals surface area (Å²) in [4.78, 5) is 0.323. The van der Waals surface area contributed by atoms with Gasteiger partial charge in [-0.3, -0.25) is 0 Å². The maximum atomic E-state index is 5.99. The Morgan fingerprint density at radius 2 is 1.79 bits per heavy atom. The Hall–Kier alpha value is -1.98. The molecule has 2 rings (SSSR count). The van der Waals surface area contributed by atoms with E-state index in [0.29, 0.717) is 36.3 Å². The molecule has 0 aliphatic heterocycles. The molecule has 0 heterocycles. The molecule has 0 unspecified atom stereocenters. The van der Waals surface area contributed by atoms with E-state index in [4.69, 9.17) is 43.8 Å². The van der Waals surface area contributed by atoms with E-state index in [1.165, 1.54) is 0 Å². The van der Waals surface area contributed by atoms with Crippen molar-refractivity contribution in [2.45, 2.75) is 13.8 Å². The van der Waals surface area contributed by atoms with Crippen molar-refractivity contribution < 1.29 is 14.2 Å². The zero-order valence-electron chi connectivity index (χ0n) is 13.7. The summed E-state index contributed by atoms with van der Waals surface area (Å²) in [5.74, 6) is 2.01. The third-order valence-electron chi connectivity index (χ3n) is 3.27. The lowest BCUT2D eigenvalue weighted by atomic mass is 10.2. The Balaban J connectivity index is 1.93. The Labute approximate surface area is 152 Å². The van der Waals surface area contributed by atoms with Gasteiger partial charge in [-0.2, -0.15) is 0 Å². The van der Waals surface area contributed by atoms with Gasteiger partial charge in [0.25, 0.3) is 0 Å². The summed E-state index contributed by atoms with van der Waals surface area (Å²) in [6, 6.07) is 10.9. The van der Waals surface area contributed by atoms with Crippen LogP contribution in [0.2, 0.25) is 5.02 Å². The Morgan fingerprint density at radius 1 is 1.04 bits per heavy atom.